The van der Waals surface area contributed by atoms with E-state index in [9.17, 15) is 0 Å². The Kier molecular flexibility index (Phi) is 60.4. The minimum Gasteiger partial charge on any atom is -0.358 e. The molecule has 0 fully saturated rings. The van der Waals surface area contributed by atoms with E-state index < -0.39 is 0 Å². The Hall–Kier alpha value is 0.982. The van der Waals surface area contributed by atoms with E-state index in [0.717, 1.165) is 6.42 Å². The summed E-state index contributed by atoms with van der Waals surface area (Å²) in [4.78, 5) is 0. The molecule has 0 nitrogen and oxygen atoms in total. The van der Waals surface area contributed by atoms with Gasteiger partial charge < -0.3 is 37.1 Å². The van der Waals surface area contributed by atoms with Crippen LogP contribution in [0.1, 0.15) is 34.1 Å². The van der Waals surface area contributed by atoms with Crippen molar-refractivity contribution >= 4 is 40.6 Å². The molecule has 0 saturated carbocycles. The van der Waals surface area contributed by atoms with Gasteiger partial charge in [-0.2, -0.15) is 6.08 Å². The van der Waals surface area contributed by atoms with Gasteiger partial charge in [-0.1, -0.05) is 0 Å². The molecule has 0 aromatic heterocycles. The van der Waals surface area contributed by atoms with E-state index in [4.69, 9.17) is 0 Å². The zero-order valence-corrected chi connectivity index (χ0v) is 21.7. The Morgan fingerprint density at radius 1 is 0.818 bits per heavy atom. The van der Waals surface area contributed by atoms with Gasteiger partial charge in [0, 0.05) is 26.2 Å². The Morgan fingerprint density at radius 3 is 1.27 bits per heavy atom. The van der Waals surface area contributed by atoms with Gasteiger partial charge in [0.25, 0.3) is 0 Å². The molecule has 0 amide bonds. The zero-order chi connectivity index (χ0) is 10.6. The molecule has 0 aromatic rings. The number of rotatable bonds is 0. The van der Waals surface area contributed by atoms with Crippen molar-refractivity contribution in [2.24, 2.45) is 0 Å². The molecule has 0 spiro atoms. The number of halogens is 2. The van der Waals surface area contributed by atoms with Gasteiger partial charge in [0.15, 0.2) is 0 Å². The maximum atomic E-state index is 2.99. The van der Waals surface area contributed by atoms with Gasteiger partial charge in [0.1, 0.15) is 0 Å². The molecule has 0 atom stereocenters. The van der Waals surface area contributed by atoms with Gasteiger partial charge in [0.2, 0.25) is 0 Å². The average Bonchev–Trinajstić information content (AvgIpc) is 2.78. The molecular formula is C18H34AsCl2Zr-6. The molecule has 0 bridgehead atoms. The minimum absolute atomic E-state index is 0. The van der Waals surface area contributed by atoms with Crippen molar-refractivity contribution in [1.29, 1.82) is 0 Å². The van der Waals surface area contributed by atoms with Gasteiger partial charge in [0.05, 0.1) is 0 Å². The Bertz CT molecular complexity index is 311. The monoisotopic (exact) mass is 485 g/mol. The molecule has 2 aliphatic rings. The van der Waals surface area contributed by atoms with Crippen LogP contribution in [0.2, 0.25) is 0 Å². The van der Waals surface area contributed by atoms with Gasteiger partial charge in [-0.05, 0) is 0 Å². The van der Waals surface area contributed by atoms with Gasteiger partial charge >= 0.3 is 63.3 Å². The van der Waals surface area contributed by atoms with E-state index in [0.29, 0.717) is 15.8 Å². The summed E-state index contributed by atoms with van der Waals surface area (Å²) in [5.74, 6) is 0. The van der Waals surface area contributed by atoms with E-state index in [1.54, 1.807) is 19.9 Å². The third-order valence-electron chi connectivity index (χ3n) is 2.57. The Morgan fingerprint density at radius 2 is 1.18 bits per heavy atom. The molecule has 1 aliphatic heterocycles. The molecule has 1 radical (unpaired) electrons. The summed E-state index contributed by atoms with van der Waals surface area (Å²) >= 11 is 0.430. The van der Waals surface area contributed by atoms with Crippen LogP contribution in [-0.4, -0.2) is 15.8 Å². The molecule has 2 rings (SSSR count). The number of hydrogen-bond acceptors (Lipinski definition) is 0. The zero-order valence-electron chi connectivity index (χ0n) is 15.7. The molecule has 1 heterocycles. The fraction of sp³-hybridized carbons (Fsp3) is 0.278. The molecule has 0 unspecified atom stereocenters. The quantitative estimate of drug-likeness (QED) is 0.264. The average molecular weight is 488 g/mol. The SMILES string of the molecule is CC1=C(C)C(C)=C(C)[As]1.Cl.Cl.[C-]1=CC=CC1.[CH3-].[CH3-].[CH3-].[CH3-].[CH3-].[Zr]. The standard InChI is InChI=1S/C8H12As.C5H5.5CH3.2ClH.Zr/c1-5-6(2)8(4)9-7(5)3;1-2-4-5-3-1;;;;;;;;/h1-4H3;1-3H,4H2;5*1H3;2*1H;/q;6*-1;;;. The summed E-state index contributed by atoms with van der Waals surface area (Å²) in [6, 6.07) is 0. The van der Waals surface area contributed by atoms with E-state index in [2.05, 4.69) is 39.8 Å². The summed E-state index contributed by atoms with van der Waals surface area (Å²) in [6.45, 7) is 8.98. The van der Waals surface area contributed by atoms with Crippen LogP contribution in [-0.2, 0) is 26.2 Å². The second kappa shape index (κ2) is 26.9. The maximum Gasteiger partial charge on any atom is 0 e. The van der Waals surface area contributed by atoms with Crippen LogP contribution >= 0.6 is 24.8 Å². The first-order valence-corrected chi connectivity index (χ1v) is 6.79. The molecule has 0 N–H and O–H groups in total. The Labute approximate surface area is 181 Å². The normalized spacial score (nSPS) is 12.2. The van der Waals surface area contributed by atoms with Crippen LogP contribution in [0.3, 0.4) is 0 Å². The van der Waals surface area contributed by atoms with Crippen molar-refractivity contribution < 1.29 is 26.2 Å². The predicted octanol–water partition coefficient (Wildman–Crippen LogP) is 6.69. The van der Waals surface area contributed by atoms with Crippen LogP contribution in [0.25, 0.3) is 0 Å². The molecule has 1 aliphatic carbocycles. The van der Waals surface area contributed by atoms with Crippen molar-refractivity contribution in [3.8, 4) is 0 Å². The van der Waals surface area contributed by atoms with Crippen molar-refractivity contribution in [2.75, 3.05) is 0 Å². The molecule has 22 heavy (non-hydrogen) atoms. The van der Waals surface area contributed by atoms with Crippen LogP contribution < -0.4 is 0 Å². The second-order valence-electron chi connectivity index (χ2n) is 3.54. The summed E-state index contributed by atoms with van der Waals surface area (Å²) in [5.41, 5.74) is 3.10. The van der Waals surface area contributed by atoms with Crippen LogP contribution in [0, 0.1) is 43.2 Å². The Balaban J connectivity index is -0.0000000230. The molecular weight excluding hydrogens is 453 g/mol. The summed E-state index contributed by atoms with van der Waals surface area (Å²) in [7, 11) is 0. The minimum atomic E-state index is 0. The summed E-state index contributed by atoms with van der Waals surface area (Å²) in [6.07, 6.45) is 10.0. The first-order valence-electron chi connectivity index (χ1n) is 4.91. The smallest absolute Gasteiger partial charge is 0 e. The van der Waals surface area contributed by atoms with E-state index in [1.807, 2.05) is 12.2 Å². The number of hydrogen-bond donors (Lipinski definition) is 0. The van der Waals surface area contributed by atoms with Gasteiger partial charge in [-0.3, -0.25) is 6.08 Å². The van der Waals surface area contributed by atoms with Crippen molar-refractivity contribution in [2.45, 2.75) is 34.1 Å². The number of allylic oxidation sites excluding steroid dienone is 8. The second-order valence-corrected chi connectivity index (χ2v) is 6.82. The molecule has 0 saturated heterocycles. The van der Waals surface area contributed by atoms with Gasteiger partial charge in [-0.15, -0.1) is 31.2 Å². The molecule has 0 aromatic carbocycles. The predicted molar refractivity (Wildman–Crippen MR) is 111 cm³/mol. The molecule has 135 valence electrons. The summed E-state index contributed by atoms with van der Waals surface area (Å²) < 4.78 is 3.28. The van der Waals surface area contributed by atoms with E-state index in [1.165, 1.54) is 0 Å². The van der Waals surface area contributed by atoms with Crippen molar-refractivity contribution in [1.82, 2.24) is 0 Å². The van der Waals surface area contributed by atoms with Crippen LogP contribution in [0.5, 0.6) is 0 Å². The fourth-order valence-electron chi connectivity index (χ4n) is 1.30. The van der Waals surface area contributed by atoms with E-state index >= 15 is 0 Å². The van der Waals surface area contributed by atoms with Crippen molar-refractivity contribution in [3.05, 3.63) is 81.3 Å². The van der Waals surface area contributed by atoms with E-state index in [-0.39, 0.29) is 88.2 Å². The fourth-order valence-corrected chi connectivity index (χ4v) is 3.77. The topological polar surface area (TPSA) is 0 Å². The first-order chi connectivity index (χ1) is 6.63. The third-order valence-corrected chi connectivity index (χ3v) is 5.38. The van der Waals surface area contributed by atoms with Gasteiger partial charge in [-0.25, -0.2) is 12.2 Å². The maximum absolute atomic E-state index is 2.99. The summed E-state index contributed by atoms with van der Waals surface area (Å²) in [5, 5.41) is 0. The molecule has 4 heteroatoms. The largest absolute Gasteiger partial charge is 0.358 e. The van der Waals surface area contributed by atoms with Crippen LogP contribution in [0.15, 0.2) is 38.1 Å². The van der Waals surface area contributed by atoms with Crippen LogP contribution in [0.4, 0.5) is 0 Å². The van der Waals surface area contributed by atoms with Crippen molar-refractivity contribution in [3.63, 3.8) is 0 Å². The first kappa shape index (κ1) is 49.5. The third kappa shape index (κ3) is 17.3.